The Hall–Kier alpha value is -2.16. The standard InChI is InChI=1S/C19H19Cl2N5O2S/c20-14-6-3-7-15(21)17(14)22-16(27)12-29-19-24-23-18(25-8-1-2-9-25)26(19)11-13-5-4-10-28-13/h3-7,10H,1-2,8-9,11-12H2,(H,22,27). The topological polar surface area (TPSA) is 76.2 Å². The predicted octanol–water partition coefficient (Wildman–Crippen LogP) is 4.56. The molecule has 1 aliphatic heterocycles. The van der Waals surface area contributed by atoms with E-state index < -0.39 is 0 Å². The second-order valence-electron chi connectivity index (χ2n) is 6.58. The number of para-hydroxylation sites is 1. The number of halogens is 2. The maximum absolute atomic E-state index is 12.4. The van der Waals surface area contributed by atoms with E-state index >= 15 is 0 Å². The molecule has 152 valence electrons. The van der Waals surface area contributed by atoms with E-state index in [0.717, 1.165) is 37.6 Å². The Bertz CT molecular complexity index is 966. The molecule has 1 saturated heterocycles. The number of anilines is 2. The summed E-state index contributed by atoms with van der Waals surface area (Å²) in [5.74, 6) is 1.54. The van der Waals surface area contributed by atoms with E-state index in [2.05, 4.69) is 20.4 Å². The van der Waals surface area contributed by atoms with Crippen molar-refractivity contribution in [2.75, 3.05) is 29.1 Å². The molecule has 1 aromatic carbocycles. The van der Waals surface area contributed by atoms with Crippen molar-refractivity contribution in [1.82, 2.24) is 14.8 Å². The van der Waals surface area contributed by atoms with Crippen molar-refractivity contribution in [1.29, 1.82) is 0 Å². The number of nitrogens with zero attached hydrogens (tertiary/aromatic N) is 4. The van der Waals surface area contributed by atoms with Gasteiger partial charge in [0.05, 0.1) is 34.3 Å². The van der Waals surface area contributed by atoms with Crippen LogP contribution in [0.1, 0.15) is 18.6 Å². The van der Waals surface area contributed by atoms with Crippen molar-refractivity contribution in [3.8, 4) is 0 Å². The Balaban J connectivity index is 1.48. The fraction of sp³-hybridized carbons (Fsp3) is 0.316. The molecule has 4 rings (SSSR count). The van der Waals surface area contributed by atoms with Crippen LogP contribution in [0.25, 0.3) is 0 Å². The van der Waals surface area contributed by atoms with E-state index in [-0.39, 0.29) is 11.7 Å². The van der Waals surface area contributed by atoms with Crippen molar-refractivity contribution >= 4 is 52.5 Å². The van der Waals surface area contributed by atoms with Crippen molar-refractivity contribution < 1.29 is 9.21 Å². The second kappa shape index (κ2) is 9.11. The molecule has 7 nitrogen and oxygen atoms in total. The first-order valence-electron chi connectivity index (χ1n) is 9.19. The minimum absolute atomic E-state index is 0.151. The number of thioether (sulfide) groups is 1. The molecule has 1 fully saturated rings. The van der Waals surface area contributed by atoms with Crippen LogP contribution in [0, 0.1) is 0 Å². The molecule has 0 aliphatic carbocycles. The second-order valence-corrected chi connectivity index (χ2v) is 8.33. The number of nitrogens with one attached hydrogen (secondary N) is 1. The van der Waals surface area contributed by atoms with E-state index in [1.54, 1.807) is 24.5 Å². The zero-order valence-corrected chi connectivity index (χ0v) is 17.8. The molecule has 0 atom stereocenters. The summed E-state index contributed by atoms with van der Waals surface area (Å²) in [7, 11) is 0. The zero-order valence-electron chi connectivity index (χ0n) is 15.5. The number of furan rings is 1. The van der Waals surface area contributed by atoms with Crippen LogP contribution in [0.15, 0.2) is 46.2 Å². The zero-order chi connectivity index (χ0) is 20.2. The highest BCUT2D eigenvalue weighted by Crippen LogP contribution is 2.30. The van der Waals surface area contributed by atoms with Gasteiger partial charge in [-0.15, -0.1) is 10.2 Å². The monoisotopic (exact) mass is 451 g/mol. The third-order valence-corrected chi connectivity index (χ3v) is 6.14. The highest BCUT2D eigenvalue weighted by atomic mass is 35.5. The van der Waals surface area contributed by atoms with E-state index in [1.807, 2.05) is 16.7 Å². The van der Waals surface area contributed by atoms with Gasteiger partial charge < -0.3 is 14.6 Å². The van der Waals surface area contributed by atoms with Gasteiger partial charge in [-0.25, -0.2) is 0 Å². The van der Waals surface area contributed by atoms with Gasteiger partial charge in [0, 0.05) is 13.1 Å². The summed E-state index contributed by atoms with van der Waals surface area (Å²) in [6.45, 7) is 2.41. The molecular weight excluding hydrogens is 433 g/mol. The van der Waals surface area contributed by atoms with Gasteiger partial charge in [-0.2, -0.15) is 0 Å². The minimum atomic E-state index is -0.222. The van der Waals surface area contributed by atoms with Crippen LogP contribution >= 0.6 is 35.0 Å². The van der Waals surface area contributed by atoms with Crippen LogP contribution in [0.5, 0.6) is 0 Å². The number of carbonyl (C=O) groups excluding carboxylic acids is 1. The van der Waals surface area contributed by atoms with Crippen LogP contribution in [0.3, 0.4) is 0 Å². The lowest BCUT2D eigenvalue weighted by Crippen LogP contribution is -2.23. The minimum Gasteiger partial charge on any atom is -0.467 e. The lowest BCUT2D eigenvalue weighted by Gasteiger charge is -2.17. The first-order chi connectivity index (χ1) is 14.1. The van der Waals surface area contributed by atoms with Gasteiger partial charge >= 0.3 is 0 Å². The van der Waals surface area contributed by atoms with Crippen molar-refractivity contribution in [2.45, 2.75) is 24.5 Å². The van der Waals surface area contributed by atoms with Gasteiger partial charge in [0.15, 0.2) is 5.16 Å². The largest absolute Gasteiger partial charge is 0.467 e. The van der Waals surface area contributed by atoms with Crippen LogP contribution in [0.4, 0.5) is 11.6 Å². The van der Waals surface area contributed by atoms with Crippen molar-refractivity contribution in [2.24, 2.45) is 0 Å². The first-order valence-corrected chi connectivity index (χ1v) is 10.9. The number of aromatic nitrogens is 3. The summed E-state index contributed by atoms with van der Waals surface area (Å²) in [5, 5.41) is 12.9. The summed E-state index contributed by atoms with van der Waals surface area (Å²) in [6, 6.07) is 8.85. The average Bonchev–Trinajstić information content (AvgIpc) is 3.46. The van der Waals surface area contributed by atoms with E-state index in [4.69, 9.17) is 27.6 Å². The summed E-state index contributed by atoms with van der Waals surface area (Å²) in [5.41, 5.74) is 0.413. The number of hydrogen-bond acceptors (Lipinski definition) is 6. The lowest BCUT2D eigenvalue weighted by molar-refractivity contribution is -0.113. The number of benzene rings is 1. The normalized spacial score (nSPS) is 13.8. The van der Waals surface area contributed by atoms with Gasteiger partial charge in [0.2, 0.25) is 11.9 Å². The Labute approximate surface area is 182 Å². The van der Waals surface area contributed by atoms with Crippen molar-refractivity contribution in [3.05, 3.63) is 52.4 Å². The molecule has 1 aliphatic rings. The molecule has 1 amide bonds. The molecule has 2 aromatic heterocycles. The fourth-order valence-corrected chi connectivity index (χ4v) is 4.38. The predicted molar refractivity (Wildman–Crippen MR) is 115 cm³/mol. The van der Waals surface area contributed by atoms with Crippen LogP contribution in [0.2, 0.25) is 10.0 Å². The molecule has 1 N–H and O–H groups in total. The van der Waals surface area contributed by atoms with Crippen LogP contribution in [-0.4, -0.2) is 39.5 Å². The average molecular weight is 452 g/mol. The molecule has 0 spiro atoms. The van der Waals surface area contributed by atoms with Gasteiger partial charge in [-0.1, -0.05) is 41.0 Å². The van der Waals surface area contributed by atoms with Gasteiger partial charge in [-0.3, -0.25) is 9.36 Å². The van der Waals surface area contributed by atoms with E-state index in [1.165, 1.54) is 11.8 Å². The molecular formula is C19H19Cl2N5O2S. The van der Waals surface area contributed by atoms with Gasteiger partial charge in [-0.05, 0) is 37.1 Å². The molecule has 3 heterocycles. The molecule has 0 saturated carbocycles. The molecule has 0 radical (unpaired) electrons. The van der Waals surface area contributed by atoms with Crippen LogP contribution in [-0.2, 0) is 11.3 Å². The summed E-state index contributed by atoms with van der Waals surface area (Å²) in [6.07, 6.45) is 3.91. The highest BCUT2D eigenvalue weighted by Gasteiger charge is 2.22. The Morgan fingerprint density at radius 3 is 2.59 bits per heavy atom. The molecule has 0 unspecified atom stereocenters. The quantitative estimate of drug-likeness (QED) is 0.530. The maximum Gasteiger partial charge on any atom is 0.234 e. The molecule has 10 heteroatoms. The summed E-state index contributed by atoms with van der Waals surface area (Å²) >= 11 is 13.6. The van der Waals surface area contributed by atoms with E-state index in [0.29, 0.717) is 27.4 Å². The van der Waals surface area contributed by atoms with Crippen molar-refractivity contribution in [3.63, 3.8) is 0 Å². The summed E-state index contributed by atoms with van der Waals surface area (Å²) < 4.78 is 7.49. The Morgan fingerprint density at radius 2 is 1.90 bits per heavy atom. The summed E-state index contributed by atoms with van der Waals surface area (Å²) in [4.78, 5) is 14.7. The Morgan fingerprint density at radius 1 is 1.14 bits per heavy atom. The van der Waals surface area contributed by atoms with E-state index in [9.17, 15) is 4.79 Å². The number of hydrogen-bond donors (Lipinski definition) is 1. The maximum atomic E-state index is 12.4. The highest BCUT2D eigenvalue weighted by molar-refractivity contribution is 7.99. The first kappa shape index (κ1) is 20.1. The molecule has 3 aromatic rings. The molecule has 29 heavy (non-hydrogen) atoms. The van der Waals surface area contributed by atoms with Crippen LogP contribution < -0.4 is 10.2 Å². The number of rotatable bonds is 7. The number of amides is 1. The lowest BCUT2D eigenvalue weighted by atomic mass is 10.3. The van der Waals surface area contributed by atoms with Gasteiger partial charge in [0.1, 0.15) is 5.76 Å². The third-order valence-electron chi connectivity index (χ3n) is 4.54. The fourth-order valence-electron chi connectivity index (χ4n) is 3.16. The number of carbonyl (C=O) groups is 1. The Kier molecular flexibility index (Phi) is 6.32. The molecule has 0 bridgehead atoms. The SMILES string of the molecule is O=C(CSc1nnc(N2CCCC2)n1Cc1ccco1)Nc1c(Cl)cccc1Cl. The smallest absolute Gasteiger partial charge is 0.234 e. The van der Waals surface area contributed by atoms with Gasteiger partial charge in [0.25, 0.3) is 0 Å². The third kappa shape index (κ3) is 4.71.